The zero-order valence-corrected chi connectivity index (χ0v) is 13.8. The van der Waals surface area contributed by atoms with E-state index in [0.717, 1.165) is 6.54 Å². The summed E-state index contributed by atoms with van der Waals surface area (Å²) in [6.45, 7) is 13.4. The van der Waals surface area contributed by atoms with Crippen molar-refractivity contribution >= 4 is 8.15 Å². The van der Waals surface area contributed by atoms with Gasteiger partial charge in [0.1, 0.15) is 6.10 Å². The molecule has 0 spiro atoms. The van der Waals surface area contributed by atoms with Crippen molar-refractivity contribution in [3.8, 4) is 6.07 Å². The lowest BCUT2D eigenvalue weighted by molar-refractivity contribution is 0.301. The second-order valence-electron chi connectivity index (χ2n) is 4.92. The monoisotopic (exact) mass is 274 g/mol. The van der Waals surface area contributed by atoms with Crippen LogP contribution < -0.4 is 5.73 Å². The third-order valence-corrected chi connectivity index (χ3v) is 4.88. The first kappa shape index (κ1) is 20.2. The number of unbranched alkanes of at least 4 members (excludes halogenated alkanes) is 2. The van der Waals surface area contributed by atoms with Gasteiger partial charge >= 0.3 is 0 Å². The van der Waals surface area contributed by atoms with Crippen LogP contribution in [0.15, 0.2) is 0 Å². The van der Waals surface area contributed by atoms with Crippen molar-refractivity contribution in [3.05, 3.63) is 0 Å². The van der Waals surface area contributed by atoms with Crippen LogP contribution in [0.4, 0.5) is 0 Å². The zero-order valence-electron chi connectivity index (χ0n) is 12.9. The Morgan fingerprint density at radius 3 is 1.83 bits per heavy atom. The summed E-state index contributed by atoms with van der Waals surface area (Å²) in [7, 11) is -0.446. The van der Waals surface area contributed by atoms with Gasteiger partial charge in [0.2, 0.25) is 0 Å². The molecular weight excluding hydrogens is 243 g/mol. The molecule has 0 saturated carbocycles. The Hall–Kier alpha value is -0.160. The standard InChI is InChI=1S/C9H18NOP.C5H13N/c1-7(2)12(8(3)4)11-9(5)6-10;1-2-3-4-5-6/h7-9H,1-5H3;2-6H2,1H3. The van der Waals surface area contributed by atoms with Crippen LogP contribution in [0.1, 0.15) is 60.8 Å². The third-order valence-electron chi connectivity index (χ3n) is 2.29. The fourth-order valence-electron chi connectivity index (χ4n) is 1.44. The summed E-state index contributed by atoms with van der Waals surface area (Å²) in [4.78, 5) is 0. The number of hydrogen-bond donors (Lipinski definition) is 1. The van der Waals surface area contributed by atoms with Crippen LogP contribution in [0.3, 0.4) is 0 Å². The molecule has 0 fully saturated rings. The lowest BCUT2D eigenvalue weighted by Gasteiger charge is -2.25. The van der Waals surface area contributed by atoms with Crippen molar-refractivity contribution in [2.24, 2.45) is 5.73 Å². The predicted molar refractivity (Wildman–Crippen MR) is 81.9 cm³/mol. The zero-order chi connectivity index (χ0) is 14.6. The molecule has 18 heavy (non-hydrogen) atoms. The molecule has 0 aliphatic carbocycles. The van der Waals surface area contributed by atoms with E-state index in [1.165, 1.54) is 19.3 Å². The van der Waals surface area contributed by atoms with Crippen LogP contribution >= 0.6 is 8.15 Å². The fourth-order valence-corrected chi connectivity index (χ4v) is 3.53. The fraction of sp³-hybridized carbons (Fsp3) is 0.929. The second-order valence-corrected chi connectivity index (χ2v) is 7.92. The highest BCUT2D eigenvalue weighted by atomic mass is 31.1. The average molecular weight is 274 g/mol. The van der Waals surface area contributed by atoms with Crippen LogP contribution in [-0.2, 0) is 4.52 Å². The molecule has 0 aromatic heterocycles. The van der Waals surface area contributed by atoms with Gasteiger partial charge in [-0.15, -0.1) is 0 Å². The Balaban J connectivity index is 0. The Kier molecular flexibility index (Phi) is 14.9. The summed E-state index contributed by atoms with van der Waals surface area (Å²) >= 11 is 0. The highest BCUT2D eigenvalue weighted by Crippen LogP contribution is 2.47. The number of hydrogen-bond acceptors (Lipinski definition) is 3. The van der Waals surface area contributed by atoms with E-state index in [2.05, 4.69) is 40.7 Å². The van der Waals surface area contributed by atoms with Gasteiger partial charge in [-0.1, -0.05) is 47.5 Å². The van der Waals surface area contributed by atoms with Gasteiger partial charge in [0.25, 0.3) is 0 Å². The Labute approximate surface area is 115 Å². The highest BCUT2D eigenvalue weighted by Gasteiger charge is 2.20. The van der Waals surface area contributed by atoms with Gasteiger partial charge in [-0.05, 0) is 31.2 Å². The largest absolute Gasteiger partial charge is 0.341 e. The molecule has 3 nitrogen and oxygen atoms in total. The molecule has 0 bridgehead atoms. The molecule has 0 rings (SSSR count). The SMILES string of the molecule is CC(C#N)OP(C(C)C)C(C)C.CCCCCN. The Bertz CT molecular complexity index is 202. The predicted octanol–water partition coefficient (Wildman–Crippen LogP) is 4.26. The van der Waals surface area contributed by atoms with E-state index < -0.39 is 8.15 Å². The maximum atomic E-state index is 8.58. The summed E-state index contributed by atoms with van der Waals surface area (Å²) in [5, 5.41) is 8.58. The lowest BCUT2D eigenvalue weighted by Crippen LogP contribution is -2.11. The molecule has 1 atom stereocenters. The van der Waals surface area contributed by atoms with Gasteiger partial charge in [-0.2, -0.15) is 5.26 Å². The van der Waals surface area contributed by atoms with Gasteiger partial charge in [-0.25, -0.2) is 0 Å². The summed E-state index contributed by atoms with van der Waals surface area (Å²) in [6.07, 6.45) is 3.49. The number of rotatable bonds is 7. The van der Waals surface area contributed by atoms with E-state index >= 15 is 0 Å². The van der Waals surface area contributed by atoms with Crippen LogP contribution in [0.2, 0.25) is 0 Å². The number of nitrogens with two attached hydrogens (primary N) is 1. The van der Waals surface area contributed by atoms with Crippen molar-refractivity contribution in [2.75, 3.05) is 6.54 Å². The molecule has 0 aliphatic heterocycles. The minimum absolute atomic E-state index is 0.263. The normalized spacial score (nSPS) is 12.3. The first-order valence-electron chi connectivity index (χ1n) is 6.95. The van der Waals surface area contributed by atoms with Crippen LogP contribution in [0.5, 0.6) is 0 Å². The van der Waals surface area contributed by atoms with Crippen molar-refractivity contribution in [3.63, 3.8) is 0 Å². The van der Waals surface area contributed by atoms with E-state index in [9.17, 15) is 0 Å². The summed E-state index contributed by atoms with van der Waals surface area (Å²) in [6, 6.07) is 2.10. The topological polar surface area (TPSA) is 59.0 Å². The molecule has 0 aliphatic rings. The molecule has 0 aromatic carbocycles. The maximum absolute atomic E-state index is 8.58. The summed E-state index contributed by atoms with van der Waals surface area (Å²) in [5.74, 6) is 0. The molecule has 2 N–H and O–H groups in total. The number of nitrogens with zero attached hydrogens (tertiary/aromatic N) is 1. The van der Waals surface area contributed by atoms with E-state index in [1.807, 2.05) is 0 Å². The molecule has 0 heterocycles. The number of nitriles is 1. The first-order chi connectivity index (χ1) is 8.40. The van der Waals surface area contributed by atoms with E-state index in [4.69, 9.17) is 15.5 Å². The van der Waals surface area contributed by atoms with Crippen LogP contribution in [-0.4, -0.2) is 24.0 Å². The smallest absolute Gasteiger partial charge is 0.145 e. The van der Waals surface area contributed by atoms with Gasteiger partial charge < -0.3 is 10.3 Å². The molecule has 0 radical (unpaired) electrons. The van der Waals surface area contributed by atoms with Crippen molar-refractivity contribution in [1.29, 1.82) is 5.26 Å². The minimum atomic E-state index is -0.446. The molecular formula is C14H31N2OP. The molecule has 108 valence electrons. The highest BCUT2D eigenvalue weighted by molar-refractivity contribution is 7.54. The van der Waals surface area contributed by atoms with E-state index in [0.29, 0.717) is 11.3 Å². The van der Waals surface area contributed by atoms with Gasteiger partial charge in [0, 0.05) is 8.15 Å². The third kappa shape index (κ3) is 12.3. The minimum Gasteiger partial charge on any atom is -0.341 e. The van der Waals surface area contributed by atoms with Crippen molar-refractivity contribution in [2.45, 2.75) is 78.2 Å². The van der Waals surface area contributed by atoms with Crippen LogP contribution in [0, 0.1) is 11.3 Å². The van der Waals surface area contributed by atoms with Crippen molar-refractivity contribution in [1.82, 2.24) is 0 Å². The molecule has 1 unspecified atom stereocenters. The molecule has 4 heteroatoms. The second kappa shape index (κ2) is 13.3. The lowest BCUT2D eigenvalue weighted by atomic mass is 10.3. The average Bonchev–Trinajstić information content (AvgIpc) is 2.32. The Morgan fingerprint density at radius 2 is 1.61 bits per heavy atom. The summed E-state index contributed by atoms with van der Waals surface area (Å²) in [5.41, 5.74) is 6.29. The van der Waals surface area contributed by atoms with Gasteiger partial charge in [-0.3, -0.25) is 0 Å². The van der Waals surface area contributed by atoms with Crippen LogP contribution in [0.25, 0.3) is 0 Å². The van der Waals surface area contributed by atoms with E-state index in [1.54, 1.807) is 6.92 Å². The molecule has 0 saturated heterocycles. The van der Waals surface area contributed by atoms with E-state index in [-0.39, 0.29) is 6.10 Å². The Morgan fingerprint density at radius 1 is 1.11 bits per heavy atom. The first-order valence-corrected chi connectivity index (χ1v) is 8.35. The van der Waals surface area contributed by atoms with Crippen molar-refractivity contribution < 1.29 is 4.52 Å². The molecule has 0 amide bonds. The van der Waals surface area contributed by atoms with Gasteiger partial charge in [0.05, 0.1) is 6.07 Å². The molecule has 0 aromatic rings. The maximum Gasteiger partial charge on any atom is 0.145 e. The van der Waals surface area contributed by atoms with Gasteiger partial charge in [0.15, 0.2) is 0 Å². The quantitative estimate of drug-likeness (QED) is 0.557. The summed E-state index contributed by atoms with van der Waals surface area (Å²) < 4.78 is 5.63.